The Balaban J connectivity index is 2.71. The first-order chi connectivity index (χ1) is 4.75. The third-order valence-electron chi connectivity index (χ3n) is 2.62. The standard InChI is InChI=1S/C10H16/c1-4-10-7-5-6-8(2)9(10)3/h4,7-9H,1,5-6H2,2-3H3/t8?,9-/m0/s1. The molecule has 0 saturated heterocycles. The molecule has 0 aliphatic heterocycles. The highest BCUT2D eigenvalue weighted by atomic mass is 14.2. The summed E-state index contributed by atoms with van der Waals surface area (Å²) in [4.78, 5) is 0. The molecular weight excluding hydrogens is 120 g/mol. The summed E-state index contributed by atoms with van der Waals surface area (Å²) >= 11 is 0. The van der Waals surface area contributed by atoms with E-state index in [-0.39, 0.29) is 0 Å². The Labute approximate surface area is 63.6 Å². The first-order valence-corrected chi connectivity index (χ1v) is 4.08. The maximum atomic E-state index is 3.80. The van der Waals surface area contributed by atoms with Crippen molar-refractivity contribution in [1.82, 2.24) is 0 Å². The molecule has 0 saturated carbocycles. The first kappa shape index (κ1) is 7.59. The van der Waals surface area contributed by atoms with Gasteiger partial charge in [-0.2, -0.15) is 0 Å². The molecule has 0 heteroatoms. The Kier molecular flexibility index (Phi) is 2.31. The van der Waals surface area contributed by atoms with Crippen LogP contribution in [-0.4, -0.2) is 0 Å². The van der Waals surface area contributed by atoms with E-state index >= 15 is 0 Å². The SMILES string of the molecule is C=CC1=CCCC(C)[C@@H]1C. The molecule has 0 N–H and O–H groups in total. The molecule has 1 rings (SSSR count). The number of hydrogen-bond donors (Lipinski definition) is 0. The van der Waals surface area contributed by atoms with Gasteiger partial charge in [0.1, 0.15) is 0 Å². The molecule has 2 atom stereocenters. The molecule has 0 nitrogen and oxygen atoms in total. The zero-order valence-corrected chi connectivity index (χ0v) is 6.93. The lowest BCUT2D eigenvalue weighted by Gasteiger charge is -2.24. The van der Waals surface area contributed by atoms with Crippen molar-refractivity contribution in [3.05, 3.63) is 24.3 Å². The van der Waals surface area contributed by atoms with Gasteiger partial charge in [-0.05, 0) is 30.3 Å². The van der Waals surface area contributed by atoms with Crippen molar-refractivity contribution in [3.8, 4) is 0 Å². The highest BCUT2D eigenvalue weighted by Gasteiger charge is 2.17. The minimum Gasteiger partial charge on any atom is -0.0988 e. The third-order valence-corrected chi connectivity index (χ3v) is 2.62. The second-order valence-electron chi connectivity index (χ2n) is 3.25. The van der Waals surface area contributed by atoms with Crippen LogP contribution in [0.25, 0.3) is 0 Å². The topological polar surface area (TPSA) is 0 Å². The van der Waals surface area contributed by atoms with Crippen LogP contribution >= 0.6 is 0 Å². The van der Waals surface area contributed by atoms with Crippen molar-refractivity contribution < 1.29 is 0 Å². The normalized spacial score (nSPS) is 33.2. The van der Waals surface area contributed by atoms with Gasteiger partial charge in [0, 0.05) is 0 Å². The molecule has 0 aromatic rings. The number of allylic oxidation sites excluding steroid dienone is 3. The van der Waals surface area contributed by atoms with Crippen molar-refractivity contribution in [2.45, 2.75) is 26.7 Å². The average Bonchev–Trinajstić information content (AvgIpc) is 1.95. The highest BCUT2D eigenvalue weighted by molar-refractivity contribution is 5.21. The van der Waals surface area contributed by atoms with Gasteiger partial charge in [0.25, 0.3) is 0 Å². The van der Waals surface area contributed by atoms with Crippen LogP contribution in [0.15, 0.2) is 24.3 Å². The van der Waals surface area contributed by atoms with E-state index in [1.165, 1.54) is 18.4 Å². The molecule has 1 aliphatic carbocycles. The van der Waals surface area contributed by atoms with Crippen molar-refractivity contribution >= 4 is 0 Å². The zero-order valence-electron chi connectivity index (χ0n) is 6.93. The van der Waals surface area contributed by atoms with Crippen LogP contribution in [0.5, 0.6) is 0 Å². The van der Waals surface area contributed by atoms with Gasteiger partial charge < -0.3 is 0 Å². The van der Waals surface area contributed by atoms with Crippen molar-refractivity contribution in [1.29, 1.82) is 0 Å². The van der Waals surface area contributed by atoms with E-state index in [1.807, 2.05) is 6.08 Å². The minimum absolute atomic E-state index is 0.728. The summed E-state index contributed by atoms with van der Waals surface area (Å²) in [6.45, 7) is 8.41. The molecule has 0 aromatic heterocycles. The van der Waals surface area contributed by atoms with Gasteiger partial charge in [-0.3, -0.25) is 0 Å². The van der Waals surface area contributed by atoms with E-state index in [2.05, 4.69) is 26.5 Å². The Morgan fingerprint density at radius 3 is 2.80 bits per heavy atom. The molecular formula is C10H16. The van der Waals surface area contributed by atoms with Gasteiger partial charge in [0.05, 0.1) is 0 Å². The van der Waals surface area contributed by atoms with Gasteiger partial charge >= 0.3 is 0 Å². The quantitative estimate of drug-likeness (QED) is 0.519. The largest absolute Gasteiger partial charge is 0.0988 e. The fourth-order valence-electron chi connectivity index (χ4n) is 1.55. The first-order valence-electron chi connectivity index (χ1n) is 4.08. The molecule has 0 heterocycles. The maximum absolute atomic E-state index is 3.80. The molecule has 1 unspecified atom stereocenters. The van der Waals surface area contributed by atoms with E-state index < -0.39 is 0 Å². The van der Waals surface area contributed by atoms with E-state index in [9.17, 15) is 0 Å². The number of hydrogen-bond acceptors (Lipinski definition) is 0. The van der Waals surface area contributed by atoms with Gasteiger partial charge in [-0.25, -0.2) is 0 Å². The van der Waals surface area contributed by atoms with Gasteiger partial charge in [-0.1, -0.05) is 32.6 Å². The van der Waals surface area contributed by atoms with E-state index in [0.29, 0.717) is 0 Å². The summed E-state index contributed by atoms with van der Waals surface area (Å²) in [5.74, 6) is 1.57. The predicted molar refractivity (Wildman–Crippen MR) is 45.8 cm³/mol. The van der Waals surface area contributed by atoms with Crippen LogP contribution in [-0.2, 0) is 0 Å². The van der Waals surface area contributed by atoms with Crippen molar-refractivity contribution in [3.63, 3.8) is 0 Å². The lowest BCUT2D eigenvalue weighted by Crippen LogP contribution is -2.13. The summed E-state index contributed by atoms with van der Waals surface area (Å²) in [5, 5.41) is 0. The Hall–Kier alpha value is -0.520. The van der Waals surface area contributed by atoms with Crippen LogP contribution in [0.4, 0.5) is 0 Å². The molecule has 0 bridgehead atoms. The van der Waals surface area contributed by atoms with E-state index in [1.54, 1.807) is 0 Å². The maximum Gasteiger partial charge on any atom is -0.0168 e. The van der Waals surface area contributed by atoms with E-state index in [4.69, 9.17) is 0 Å². The highest BCUT2D eigenvalue weighted by Crippen LogP contribution is 2.29. The van der Waals surface area contributed by atoms with Gasteiger partial charge in [-0.15, -0.1) is 0 Å². The molecule has 0 spiro atoms. The van der Waals surface area contributed by atoms with Gasteiger partial charge in [0.15, 0.2) is 0 Å². The van der Waals surface area contributed by atoms with Crippen LogP contribution in [0.1, 0.15) is 26.7 Å². The molecule has 0 amide bonds. The Morgan fingerprint density at radius 2 is 2.30 bits per heavy atom. The summed E-state index contributed by atoms with van der Waals surface area (Å²) in [6.07, 6.45) is 6.91. The van der Waals surface area contributed by atoms with Gasteiger partial charge in [0.2, 0.25) is 0 Å². The minimum atomic E-state index is 0.728. The third kappa shape index (κ3) is 1.31. The van der Waals surface area contributed by atoms with Crippen molar-refractivity contribution in [2.75, 3.05) is 0 Å². The van der Waals surface area contributed by atoms with E-state index in [0.717, 1.165) is 11.8 Å². The molecule has 0 aromatic carbocycles. The van der Waals surface area contributed by atoms with Crippen LogP contribution in [0, 0.1) is 11.8 Å². The zero-order chi connectivity index (χ0) is 7.56. The molecule has 56 valence electrons. The van der Waals surface area contributed by atoms with Crippen LogP contribution in [0.2, 0.25) is 0 Å². The fraction of sp³-hybridized carbons (Fsp3) is 0.600. The lowest BCUT2D eigenvalue weighted by atomic mass is 9.81. The van der Waals surface area contributed by atoms with Crippen LogP contribution in [0.3, 0.4) is 0 Å². The molecule has 10 heavy (non-hydrogen) atoms. The second-order valence-corrected chi connectivity index (χ2v) is 3.25. The monoisotopic (exact) mass is 136 g/mol. The number of rotatable bonds is 1. The fourth-order valence-corrected chi connectivity index (χ4v) is 1.55. The summed E-state index contributed by atoms with van der Waals surface area (Å²) in [6, 6.07) is 0. The average molecular weight is 136 g/mol. The Bertz CT molecular complexity index is 153. The predicted octanol–water partition coefficient (Wildman–Crippen LogP) is 3.16. The molecule has 1 aliphatic rings. The van der Waals surface area contributed by atoms with Crippen molar-refractivity contribution in [2.24, 2.45) is 11.8 Å². The molecule has 0 fully saturated rings. The summed E-state index contributed by atoms with van der Waals surface area (Å²) in [7, 11) is 0. The second kappa shape index (κ2) is 3.05. The lowest BCUT2D eigenvalue weighted by molar-refractivity contribution is 0.399. The Morgan fingerprint density at radius 1 is 1.60 bits per heavy atom. The smallest absolute Gasteiger partial charge is 0.0168 e. The molecule has 0 radical (unpaired) electrons. The van der Waals surface area contributed by atoms with Crippen LogP contribution < -0.4 is 0 Å². The summed E-state index contributed by atoms with van der Waals surface area (Å²) < 4.78 is 0. The summed E-state index contributed by atoms with van der Waals surface area (Å²) in [5.41, 5.74) is 1.44.